The molecule has 0 saturated carbocycles. The summed E-state index contributed by atoms with van der Waals surface area (Å²) in [7, 11) is 0. The van der Waals surface area contributed by atoms with Crippen LogP contribution in [0, 0.1) is 0 Å². The molecule has 9 heteroatoms. The van der Waals surface area contributed by atoms with Crippen molar-refractivity contribution < 1.29 is 44.3 Å². The van der Waals surface area contributed by atoms with Gasteiger partial charge in [-0.1, -0.05) is 0 Å². The van der Waals surface area contributed by atoms with Gasteiger partial charge in [-0.3, -0.25) is 19.4 Å². The molecular weight excluding hydrogens is 253 g/mol. The number of carboxylic acid groups (broad SMARTS) is 1. The van der Waals surface area contributed by atoms with Gasteiger partial charge in [0, 0.05) is 19.0 Å². The number of carbonyl (C=O) groups excluding carboxylic acids is 1. The van der Waals surface area contributed by atoms with E-state index in [-0.39, 0.29) is 54.6 Å². The number of rotatable bonds is 5. The van der Waals surface area contributed by atoms with Gasteiger partial charge >= 0.3 is 41.2 Å². The summed E-state index contributed by atoms with van der Waals surface area (Å²) in [5.41, 5.74) is -1.60. The van der Waals surface area contributed by atoms with Crippen LogP contribution in [0.2, 0.25) is 0 Å². The van der Waals surface area contributed by atoms with Crippen molar-refractivity contribution in [2.75, 3.05) is 6.54 Å². The molecule has 1 aromatic rings. The standard InChI is InChI=1S/C9H11N3O5.Na/c13-6-4-5(11-9(17)12-6)8(16)10-3-1-2-7(14)15;/h4H,1-3H2,(H,10,16)(H,14,15)(H2,11,12,13,17);/q;+1. The molecule has 0 unspecified atom stereocenters. The summed E-state index contributed by atoms with van der Waals surface area (Å²) in [6, 6.07) is 0.952. The average Bonchev–Trinajstić information content (AvgIpc) is 2.22. The Labute approximate surface area is 123 Å². The Morgan fingerprint density at radius 2 is 1.94 bits per heavy atom. The zero-order chi connectivity index (χ0) is 12.8. The van der Waals surface area contributed by atoms with Crippen LogP contribution >= 0.6 is 0 Å². The molecule has 1 amide bonds. The monoisotopic (exact) mass is 264 g/mol. The molecule has 0 aliphatic heterocycles. The molecule has 0 bridgehead atoms. The fourth-order valence-electron chi connectivity index (χ4n) is 1.13. The number of carbonyl (C=O) groups is 2. The predicted molar refractivity (Wildman–Crippen MR) is 56.9 cm³/mol. The maximum atomic E-state index is 11.4. The fourth-order valence-corrected chi connectivity index (χ4v) is 1.13. The van der Waals surface area contributed by atoms with Gasteiger partial charge < -0.3 is 15.4 Å². The van der Waals surface area contributed by atoms with Crippen LogP contribution in [0.25, 0.3) is 0 Å². The molecule has 0 saturated heterocycles. The topological polar surface area (TPSA) is 132 Å². The number of aliphatic carboxylic acids is 1. The maximum Gasteiger partial charge on any atom is 1.00 e. The first-order chi connectivity index (χ1) is 7.99. The normalized spacial score (nSPS) is 9.33. The van der Waals surface area contributed by atoms with E-state index in [0.717, 1.165) is 6.07 Å². The second-order valence-corrected chi connectivity index (χ2v) is 3.25. The third-order valence-corrected chi connectivity index (χ3v) is 1.86. The summed E-state index contributed by atoms with van der Waals surface area (Å²) in [4.78, 5) is 47.5. The molecule has 1 heterocycles. The quantitative estimate of drug-likeness (QED) is 0.315. The molecule has 92 valence electrons. The van der Waals surface area contributed by atoms with Crippen LogP contribution in [0.1, 0.15) is 23.3 Å². The van der Waals surface area contributed by atoms with Crippen molar-refractivity contribution >= 4 is 11.9 Å². The second kappa shape index (κ2) is 7.85. The van der Waals surface area contributed by atoms with Crippen LogP contribution in [0.3, 0.4) is 0 Å². The number of aromatic nitrogens is 2. The number of aromatic amines is 2. The molecule has 0 atom stereocenters. The summed E-state index contributed by atoms with van der Waals surface area (Å²) < 4.78 is 0. The Bertz CT molecular complexity index is 507. The zero-order valence-electron chi connectivity index (χ0n) is 9.78. The molecule has 0 aromatic carbocycles. The van der Waals surface area contributed by atoms with E-state index in [4.69, 9.17) is 5.11 Å². The first kappa shape index (κ1) is 16.6. The Morgan fingerprint density at radius 3 is 2.50 bits per heavy atom. The molecule has 0 radical (unpaired) electrons. The Morgan fingerprint density at radius 1 is 1.28 bits per heavy atom. The van der Waals surface area contributed by atoms with Crippen molar-refractivity contribution in [2.24, 2.45) is 0 Å². The van der Waals surface area contributed by atoms with Gasteiger partial charge in [-0.05, 0) is 6.42 Å². The van der Waals surface area contributed by atoms with Crippen molar-refractivity contribution in [3.05, 3.63) is 32.6 Å². The van der Waals surface area contributed by atoms with Gasteiger partial charge in [-0.15, -0.1) is 0 Å². The average molecular weight is 264 g/mol. The Hall–Kier alpha value is -1.38. The van der Waals surface area contributed by atoms with Gasteiger partial charge in [0.2, 0.25) is 0 Å². The van der Waals surface area contributed by atoms with Gasteiger partial charge in [0.05, 0.1) is 0 Å². The van der Waals surface area contributed by atoms with E-state index in [2.05, 4.69) is 10.3 Å². The smallest absolute Gasteiger partial charge is 0.481 e. The molecule has 8 nitrogen and oxygen atoms in total. The van der Waals surface area contributed by atoms with E-state index < -0.39 is 23.1 Å². The Kier molecular flexibility index (Phi) is 7.25. The molecule has 0 aliphatic carbocycles. The maximum absolute atomic E-state index is 11.4. The Balaban J connectivity index is 0.00000289. The zero-order valence-corrected chi connectivity index (χ0v) is 11.8. The SMILES string of the molecule is O=C(O)CCCNC(=O)c1cc(=O)[nH]c(=O)[nH]1.[Na+]. The molecule has 0 aliphatic rings. The van der Waals surface area contributed by atoms with Crippen molar-refractivity contribution in [2.45, 2.75) is 12.8 Å². The van der Waals surface area contributed by atoms with E-state index in [9.17, 15) is 19.2 Å². The van der Waals surface area contributed by atoms with Crippen LogP contribution < -0.4 is 46.1 Å². The van der Waals surface area contributed by atoms with Gasteiger partial charge in [0.1, 0.15) is 5.69 Å². The van der Waals surface area contributed by atoms with E-state index in [1.807, 2.05) is 4.98 Å². The van der Waals surface area contributed by atoms with E-state index in [1.54, 1.807) is 0 Å². The first-order valence-electron chi connectivity index (χ1n) is 4.82. The van der Waals surface area contributed by atoms with Crippen molar-refractivity contribution in [1.29, 1.82) is 0 Å². The van der Waals surface area contributed by atoms with E-state index >= 15 is 0 Å². The van der Waals surface area contributed by atoms with Crippen molar-refractivity contribution in [1.82, 2.24) is 15.3 Å². The molecule has 1 rings (SSSR count). The van der Waals surface area contributed by atoms with E-state index in [0.29, 0.717) is 0 Å². The molecule has 18 heavy (non-hydrogen) atoms. The van der Waals surface area contributed by atoms with Crippen LogP contribution in [-0.2, 0) is 4.79 Å². The van der Waals surface area contributed by atoms with Crippen LogP contribution in [0.15, 0.2) is 15.7 Å². The van der Waals surface area contributed by atoms with Crippen molar-refractivity contribution in [3.63, 3.8) is 0 Å². The summed E-state index contributed by atoms with van der Waals surface area (Å²) in [6.07, 6.45) is 0.209. The molecule has 4 N–H and O–H groups in total. The number of nitrogens with one attached hydrogen (secondary N) is 3. The van der Waals surface area contributed by atoms with E-state index in [1.165, 1.54) is 0 Å². The summed E-state index contributed by atoms with van der Waals surface area (Å²) >= 11 is 0. The van der Waals surface area contributed by atoms with Crippen molar-refractivity contribution in [3.8, 4) is 0 Å². The number of hydrogen-bond acceptors (Lipinski definition) is 4. The van der Waals surface area contributed by atoms with Crippen LogP contribution in [0.4, 0.5) is 0 Å². The number of hydrogen-bond donors (Lipinski definition) is 4. The van der Waals surface area contributed by atoms with Crippen LogP contribution in [0.5, 0.6) is 0 Å². The number of amides is 1. The molecule has 1 aromatic heterocycles. The first-order valence-corrected chi connectivity index (χ1v) is 4.82. The minimum absolute atomic E-state index is 0. The molecule has 0 fully saturated rings. The largest absolute Gasteiger partial charge is 1.00 e. The van der Waals surface area contributed by atoms with Gasteiger partial charge in [0.25, 0.3) is 11.5 Å². The fraction of sp³-hybridized carbons (Fsp3) is 0.333. The minimum atomic E-state index is -0.955. The van der Waals surface area contributed by atoms with Crippen LogP contribution in [-0.4, -0.2) is 33.5 Å². The van der Waals surface area contributed by atoms with Gasteiger partial charge in [0.15, 0.2) is 0 Å². The summed E-state index contributed by atoms with van der Waals surface area (Å²) in [5.74, 6) is -1.58. The number of H-pyrrole nitrogens is 2. The summed E-state index contributed by atoms with van der Waals surface area (Å²) in [5, 5.41) is 10.7. The molecule has 0 spiro atoms. The summed E-state index contributed by atoms with van der Waals surface area (Å²) in [6.45, 7) is 0.153. The second-order valence-electron chi connectivity index (χ2n) is 3.25. The molecular formula is C9H11N3NaO5+. The van der Waals surface area contributed by atoms with Gasteiger partial charge in [-0.25, -0.2) is 4.79 Å². The third kappa shape index (κ3) is 5.80. The predicted octanol–water partition coefficient (Wildman–Crippen LogP) is -4.34. The third-order valence-electron chi connectivity index (χ3n) is 1.86. The number of carboxylic acids is 1. The minimum Gasteiger partial charge on any atom is -0.481 e. The van der Waals surface area contributed by atoms with Gasteiger partial charge in [-0.2, -0.15) is 0 Å².